The van der Waals surface area contributed by atoms with Crippen LogP contribution in [0.2, 0.25) is 0 Å². The van der Waals surface area contributed by atoms with Crippen molar-refractivity contribution >= 4 is 5.91 Å². The first-order valence-electron chi connectivity index (χ1n) is 7.46. The molecule has 1 aliphatic carbocycles. The Morgan fingerprint density at radius 2 is 2.00 bits per heavy atom. The van der Waals surface area contributed by atoms with Gasteiger partial charge in [0.2, 0.25) is 5.91 Å². The summed E-state index contributed by atoms with van der Waals surface area (Å²) in [4.78, 5) is 14.2. The van der Waals surface area contributed by atoms with Gasteiger partial charge in [0.15, 0.2) is 0 Å². The third kappa shape index (κ3) is 5.09. The van der Waals surface area contributed by atoms with Crippen LogP contribution in [0.3, 0.4) is 0 Å². The summed E-state index contributed by atoms with van der Waals surface area (Å²) in [5, 5.41) is 6.31. The molecule has 1 atom stereocenters. The van der Waals surface area contributed by atoms with Crippen molar-refractivity contribution in [1.29, 1.82) is 0 Å². The molecule has 1 amide bonds. The predicted molar refractivity (Wildman–Crippen MR) is 75.1 cm³/mol. The Labute approximate surface area is 116 Å². The van der Waals surface area contributed by atoms with Gasteiger partial charge in [-0.1, -0.05) is 0 Å². The van der Waals surface area contributed by atoms with Crippen LogP contribution in [0.15, 0.2) is 0 Å². The van der Waals surface area contributed by atoms with E-state index in [1.165, 1.54) is 12.8 Å². The maximum atomic E-state index is 11.8. The third-order valence-corrected chi connectivity index (χ3v) is 4.13. The summed E-state index contributed by atoms with van der Waals surface area (Å²) in [6.45, 7) is 5.03. The zero-order valence-electron chi connectivity index (χ0n) is 12.2. The molecule has 1 aliphatic heterocycles. The Morgan fingerprint density at radius 3 is 2.63 bits per heavy atom. The highest BCUT2D eigenvalue weighted by Crippen LogP contribution is 2.26. The molecule has 1 heterocycles. The first kappa shape index (κ1) is 14.8. The normalized spacial score (nSPS) is 22.5. The van der Waals surface area contributed by atoms with Crippen molar-refractivity contribution in [3.05, 3.63) is 0 Å². The van der Waals surface area contributed by atoms with E-state index in [4.69, 9.17) is 4.74 Å². The minimum atomic E-state index is 0.105. The van der Waals surface area contributed by atoms with Gasteiger partial charge in [-0.05, 0) is 39.7 Å². The van der Waals surface area contributed by atoms with Crippen LogP contribution in [0.4, 0.5) is 0 Å². The number of nitrogens with zero attached hydrogens (tertiary/aromatic N) is 1. The van der Waals surface area contributed by atoms with Gasteiger partial charge in [0, 0.05) is 37.9 Å². The molecule has 0 radical (unpaired) electrons. The van der Waals surface area contributed by atoms with Crippen molar-refractivity contribution in [2.75, 3.05) is 33.4 Å². The van der Waals surface area contributed by atoms with Gasteiger partial charge in [-0.15, -0.1) is 0 Å². The van der Waals surface area contributed by atoms with Crippen molar-refractivity contribution in [3.8, 4) is 0 Å². The number of amides is 1. The van der Waals surface area contributed by atoms with E-state index >= 15 is 0 Å². The van der Waals surface area contributed by atoms with E-state index < -0.39 is 0 Å². The highest BCUT2D eigenvalue weighted by molar-refractivity contribution is 5.78. The number of carbonyl (C=O) groups is 1. The molecule has 0 aromatic heterocycles. The van der Waals surface area contributed by atoms with Crippen LogP contribution < -0.4 is 10.6 Å². The largest absolute Gasteiger partial charge is 0.381 e. The Kier molecular flexibility index (Phi) is 5.60. The average molecular weight is 269 g/mol. The summed E-state index contributed by atoms with van der Waals surface area (Å²) in [7, 11) is 2.17. The standard InChI is InChI=1S/C14H27N3O2/c1-11(17(2)13-3-4-13)9-15-10-14(18)16-12-5-7-19-8-6-12/h11-13,15H,3-10H2,1-2H3,(H,16,18). The summed E-state index contributed by atoms with van der Waals surface area (Å²) >= 11 is 0. The second-order valence-corrected chi connectivity index (χ2v) is 5.83. The van der Waals surface area contributed by atoms with Crippen molar-refractivity contribution < 1.29 is 9.53 Å². The highest BCUT2D eigenvalue weighted by atomic mass is 16.5. The number of hydrogen-bond donors (Lipinski definition) is 2. The molecule has 2 fully saturated rings. The fourth-order valence-corrected chi connectivity index (χ4v) is 2.50. The van der Waals surface area contributed by atoms with Crippen molar-refractivity contribution in [2.24, 2.45) is 0 Å². The summed E-state index contributed by atoms with van der Waals surface area (Å²) in [6, 6.07) is 1.56. The van der Waals surface area contributed by atoms with E-state index in [0.717, 1.165) is 38.6 Å². The molecule has 19 heavy (non-hydrogen) atoms. The van der Waals surface area contributed by atoms with Gasteiger partial charge >= 0.3 is 0 Å². The zero-order chi connectivity index (χ0) is 13.7. The van der Waals surface area contributed by atoms with Gasteiger partial charge < -0.3 is 15.4 Å². The van der Waals surface area contributed by atoms with E-state index in [1.807, 2.05) is 0 Å². The van der Waals surface area contributed by atoms with E-state index in [1.54, 1.807) is 0 Å². The van der Waals surface area contributed by atoms with Gasteiger partial charge in [-0.2, -0.15) is 0 Å². The Balaban J connectivity index is 1.55. The number of rotatable bonds is 7. The van der Waals surface area contributed by atoms with Crippen LogP contribution in [-0.2, 0) is 9.53 Å². The van der Waals surface area contributed by atoms with Crippen LogP contribution in [0.1, 0.15) is 32.6 Å². The van der Waals surface area contributed by atoms with Gasteiger partial charge in [0.1, 0.15) is 0 Å². The molecule has 2 N–H and O–H groups in total. The van der Waals surface area contributed by atoms with Crippen LogP contribution in [-0.4, -0.2) is 62.3 Å². The first-order valence-corrected chi connectivity index (χ1v) is 7.46. The summed E-state index contributed by atoms with van der Waals surface area (Å²) in [5.74, 6) is 0.105. The maximum Gasteiger partial charge on any atom is 0.234 e. The number of ether oxygens (including phenoxy) is 1. The van der Waals surface area contributed by atoms with Gasteiger partial charge in [0.25, 0.3) is 0 Å². The fourth-order valence-electron chi connectivity index (χ4n) is 2.50. The van der Waals surface area contributed by atoms with Crippen LogP contribution in [0.5, 0.6) is 0 Å². The van der Waals surface area contributed by atoms with Crippen molar-refractivity contribution in [2.45, 2.75) is 50.7 Å². The molecule has 0 aromatic carbocycles. The van der Waals surface area contributed by atoms with Crippen LogP contribution in [0.25, 0.3) is 0 Å². The lowest BCUT2D eigenvalue weighted by Crippen LogP contribution is -2.45. The van der Waals surface area contributed by atoms with E-state index in [9.17, 15) is 4.79 Å². The maximum absolute atomic E-state index is 11.8. The molecule has 110 valence electrons. The summed E-state index contributed by atoms with van der Waals surface area (Å²) < 4.78 is 5.28. The molecular weight excluding hydrogens is 242 g/mol. The molecule has 0 aromatic rings. The number of likely N-dealkylation sites (N-methyl/N-ethyl adjacent to an activating group) is 1. The Morgan fingerprint density at radius 1 is 1.32 bits per heavy atom. The first-order chi connectivity index (χ1) is 9.16. The quantitative estimate of drug-likeness (QED) is 0.700. The van der Waals surface area contributed by atoms with Gasteiger partial charge in [-0.3, -0.25) is 9.69 Å². The summed E-state index contributed by atoms with van der Waals surface area (Å²) in [5.41, 5.74) is 0. The van der Waals surface area contributed by atoms with Crippen LogP contribution >= 0.6 is 0 Å². The Hall–Kier alpha value is -0.650. The summed E-state index contributed by atoms with van der Waals surface area (Å²) in [6.07, 6.45) is 4.52. The van der Waals surface area contributed by atoms with Gasteiger partial charge in [0.05, 0.1) is 6.54 Å². The molecule has 2 aliphatic rings. The molecule has 1 saturated heterocycles. The number of nitrogens with one attached hydrogen (secondary N) is 2. The Bertz CT molecular complexity index is 288. The SMILES string of the molecule is CC(CNCC(=O)NC1CCOCC1)N(C)C1CC1. The minimum absolute atomic E-state index is 0.105. The van der Waals surface area contributed by atoms with Crippen molar-refractivity contribution in [3.63, 3.8) is 0 Å². The molecule has 5 nitrogen and oxygen atoms in total. The highest BCUT2D eigenvalue weighted by Gasteiger charge is 2.28. The lowest BCUT2D eigenvalue weighted by atomic mass is 10.1. The second kappa shape index (κ2) is 7.22. The van der Waals surface area contributed by atoms with Crippen LogP contribution in [0, 0.1) is 0 Å². The molecule has 0 spiro atoms. The molecule has 5 heteroatoms. The smallest absolute Gasteiger partial charge is 0.234 e. The lowest BCUT2D eigenvalue weighted by Gasteiger charge is -2.25. The average Bonchev–Trinajstić information content (AvgIpc) is 3.23. The fraction of sp³-hybridized carbons (Fsp3) is 0.929. The topological polar surface area (TPSA) is 53.6 Å². The third-order valence-electron chi connectivity index (χ3n) is 4.13. The minimum Gasteiger partial charge on any atom is -0.381 e. The molecule has 1 unspecified atom stereocenters. The lowest BCUT2D eigenvalue weighted by molar-refractivity contribution is -0.121. The van der Waals surface area contributed by atoms with E-state index in [2.05, 4.69) is 29.5 Å². The number of carbonyl (C=O) groups excluding carboxylic acids is 1. The number of hydrogen-bond acceptors (Lipinski definition) is 4. The van der Waals surface area contributed by atoms with Gasteiger partial charge in [-0.25, -0.2) is 0 Å². The van der Waals surface area contributed by atoms with E-state index in [-0.39, 0.29) is 5.91 Å². The second-order valence-electron chi connectivity index (χ2n) is 5.83. The molecule has 0 bridgehead atoms. The molecular formula is C14H27N3O2. The zero-order valence-corrected chi connectivity index (χ0v) is 12.2. The van der Waals surface area contributed by atoms with Crippen molar-refractivity contribution in [1.82, 2.24) is 15.5 Å². The molecule has 1 saturated carbocycles. The molecule has 2 rings (SSSR count). The van der Waals surface area contributed by atoms with E-state index in [0.29, 0.717) is 18.6 Å². The predicted octanol–water partition coefficient (Wildman–Crippen LogP) is 0.354. The monoisotopic (exact) mass is 269 g/mol.